The molecule has 0 rings (SSSR count). The topological polar surface area (TPSA) is 0 Å². The van der Waals surface area contributed by atoms with Crippen LogP contribution in [-0.4, -0.2) is 17.6 Å². The molecule has 0 amide bonds. The Bertz CT molecular complexity index is 36.8. The molecule has 78 valence electrons. The molecular formula is C9H21Cl3. The van der Waals surface area contributed by atoms with Crippen LogP contribution in [0.4, 0.5) is 0 Å². The lowest BCUT2D eigenvalue weighted by molar-refractivity contribution is 0.892. The third-order valence-corrected chi connectivity index (χ3v) is 1.32. The first-order valence-electron chi connectivity index (χ1n) is 4.42. The Hall–Kier alpha value is 0.870. The van der Waals surface area contributed by atoms with Gasteiger partial charge in [-0.15, -0.1) is 34.8 Å². The molecule has 12 heavy (non-hydrogen) atoms. The van der Waals surface area contributed by atoms with E-state index in [1.54, 1.807) is 0 Å². The van der Waals surface area contributed by atoms with Crippen LogP contribution in [0.1, 0.15) is 40.0 Å². The average molecular weight is 236 g/mol. The van der Waals surface area contributed by atoms with Crippen LogP contribution in [0.3, 0.4) is 0 Å². The monoisotopic (exact) mass is 234 g/mol. The van der Waals surface area contributed by atoms with Crippen molar-refractivity contribution in [3.05, 3.63) is 0 Å². The van der Waals surface area contributed by atoms with Crippen molar-refractivity contribution in [2.24, 2.45) is 0 Å². The van der Waals surface area contributed by atoms with Crippen molar-refractivity contribution in [1.29, 1.82) is 0 Å². The van der Waals surface area contributed by atoms with Crippen LogP contribution in [-0.2, 0) is 0 Å². The minimum Gasteiger partial charge on any atom is -0.127 e. The molecule has 0 bridgehead atoms. The van der Waals surface area contributed by atoms with Crippen LogP contribution in [0.5, 0.6) is 0 Å². The molecule has 0 aliphatic heterocycles. The van der Waals surface area contributed by atoms with Crippen LogP contribution in [0, 0.1) is 0 Å². The molecule has 0 saturated heterocycles. The van der Waals surface area contributed by atoms with Gasteiger partial charge >= 0.3 is 0 Å². The zero-order valence-electron chi connectivity index (χ0n) is 8.38. The molecule has 0 N–H and O–H groups in total. The van der Waals surface area contributed by atoms with E-state index < -0.39 is 0 Å². The second-order valence-corrected chi connectivity index (χ2v) is 3.29. The van der Waals surface area contributed by atoms with Gasteiger partial charge in [-0.3, -0.25) is 0 Å². The van der Waals surface area contributed by atoms with E-state index in [-0.39, 0.29) is 0 Å². The fourth-order valence-corrected chi connectivity index (χ4v) is 0.401. The molecule has 0 unspecified atom stereocenters. The molecule has 3 heteroatoms. The van der Waals surface area contributed by atoms with Gasteiger partial charge in [-0.25, -0.2) is 0 Å². The smallest absolute Gasteiger partial charge is 0.0223 e. The predicted molar refractivity (Wildman–Crippen MR) is 63.0 cm³/mol. The second-order valence-electron chi connectivity index (χ2n) is 2.00. The highest BCUT2D eigenvalue weighted by molar-refractivity contribution is 6.18. The number of hydrogen-bond acceptors (Lipinski definition) is 0. The maximum Gasteiger partial charge on any atom is 0.0223 e. The molecule has 0 aromatic heterocycles. The molecule has 0 aliphatic carbocycles. The van der Waals surface area contributed by atoms with Gasteiger partial charge in [0.2, 0.25) is 0 Å². The standard InChI is InChI=1S/C4H9Cl.C3H7Cl.C2H5Cl/c1-2-3-4-5;1-2-3-4;1-2-3/h2-4H2,1H3;2-3H2,1H3;2H2,1H3. The molecule has 0 spiro atoms. The van der Waals surface area contributed by atoms with Gasteiger partial charge in [0.25, 0.3) is 0 Å². The number of halogens is 3. The van der Waals surface area contributed by atoms with Crippen LogP contribution < -0.4 is 0 Å². The van der Waals surface area contributed by atoms with E-state index in [2.05, 4.69) is 6.92 Å². The van der Waals surface area contributed by atoms with E-state index in [0.717, 1.165) is 30.5 Å². The summed E-state index contributed by atoms with van der Waals surface area (Å²) in [6.07, 6.45) is 3.45. The summed E-state index contributed by atoms with van der Waals surface area (Å²) in [7, 11) is 0. The summed E-state index contributed by atoms with van der Waals surface area (Å²) in [5, 5.41) is 0. The highest BCUT2D eigenvalue weighted by atomic mass is 35.5. The fraction of sp³-hybridized carbons (Fsp3) is 1.00. The van der Waals surface area contributed by atoms with Crippen molar-refractivity contribution in [2.45, 2.75) is 40.0 Å². The Morgan fingerprint density at radius 3 is 1.08 bits per heavy atom. The van der Waals surface area contributed by atoms with E-state index in [1.807, 2.05) is 13.8 Å². The van der Waals surface area contributed by atoms with Gasteiger partial charge in [0.05, 0.1) is 0 Å². The van der Waals surface area contributed by atoms with Crippen molar-refractivity contribution < 1.29 is 0 Å². The summed E-state index contributed by atoms with van der Waals surface area (Å²) in [4.78, 5) is 0. The van der Waals surface area contributed by atoms with Gasteiger partial charge in [0.15, 0.2) is 0 Å². The molecule has 0 nitrogen and oxygen atoms in total. The minimum atomic E-state index is 0.722. The van der Waals surface area contributed by atoms with Crippen molar-refractivity contribution in [3.8, 4) is 0 Å². The summed E-state index contributed by atoms with van der Waals surface area (Å²) < 4.78 is 0. The SMILES string of the molecule is CCCCCl.CCCCl.CCCl. The van der Waals surface area contributed by atoms with Crippen molar-refractivity contribution in [3.63, 3.8) is 0 Å². The van der Waals surface area contributed by atoms with Gasteiger partial charge in [0, 0.05) is 17.6 Å². The zero-order valence-corrected chi connectivity index (χ0v) is 10.6. The molecule has 0 atom stereocenters. The van der Waals surface area contributed by atoms with Crippen LogP contribution in [0.2, 0.25) is 0 Å². The van der Waals surface area contributed by atoms with Gasteiger partial charge in [0.1, 0.15) is 0 Å². The van der Waals surface area contributed by atoms with E-state index in [0.29, 0.717) is 0 Å². The van der Waals surface area contributed by atoms with Gasteiger partial charge in [-0.1, -0.05) is 27.2 Å². The fourth-order valence-electron chi connectivity index (χ4n) is 0.134. The molecule has 0 fully saturated rings. The maximum atomic E-state index is 5.30. The molecule has 0 heterocycles. The second kappa shape index (κ2) is 29.7. The Labute approximate surface area is 92.6 Å². The average Bonchev–Trinajstić information content (AvgIpc) is 2.08. The molecular weight excluding hydrogens is 214 g/mol. The Morgan fingerprint density at radius 2 is 1.08 bits per heavy atom. The molecule has 0 radical (unpaired) electrons. The number of hydrogen-bond donors (Lipinski definition) is 0. The van der Waals surface area contributed by atoms with Crippen LogP contribution in [0.15, 0.2) is 0 Å². The lowest BCUT2D eigenvalue weighted by Gasteiger charge is -1.77. The first-order chi connectivity index (χ1) is 5.74. The minimum absolute atomic E-state index is 0.722. The summed E-state index contributed by atoms with van der Waals surface area (Å²) >= 11 is 15.5. The third-order valence-electron chi connectivity index (χ3n) is 0.676. The molecule has 0 aliphatic rings. The summed E-state index contributed by atoms with van der Waals surface area (Å²) in [5.41, 5.74) is 0. The summed E-state index contributed by atoms with van der Waals surface area (Å²) in [6.45, 7) is 6.07. The summed E-state index contributed by atoms with van der Waals surface area (Å²) in [6, 6.07) is 0. The lowest BCUT2D eigenvalue weighted by Crippen LogP contribution is -1.65. The third kappa shape index (κ3) is 70.7. The van der Waals surface area contributed by atoms with E-state index in [1.165, 1.54) is 6.42 Å². The molecule has 0 aromatic rings. The van der Waals surface area contributed by atoms with Crippen molar-refractivity contribution in [1.82, 2.24) is 0 Å². The predicted octanol–water partition coefficient (Wildman–Crippen LogP) is 4.91. The largest absolute Gasteiger partial charge is 0.127 e. The lowest BCUT2D eigenvalue weighted by atomic mass is 10.4. The highest BCUT2D eigenvalue weighted by Gasteiger charge is 1.70. The maximum absolute atomic E-state index is 5.30. The first-order valence-corrected chi connectivity index (χ1v) is 6.03. The van der Waals surface area contributed by atoms with E-state index in [9.17, 15) is 0 Å². The highest BCUT2D eigenvalue weighted by Crippen LogP contribution is 1.86. The number of unbranched alkanes of at least 4 members (excludes halogenated alkanes) is 1. The zero-order chi connectivity index (χ0) is 10.2. The van der Waals surface area contributed by atoms with E-state index >= 15 is 0 Å². The normalized spacial score (nSPS) is 7.50. The number of rotatable bonds is 3. The Morgan fingerprint density at radius 1 is 0.750 bits per heavy atom. The van der Waals surface area contributed by atoms with Gasteiger partial charge in [-0.05, 0) is 12.8 Å². The molecule has 0 aromatic carbocycles. The Kier molecular flexibility index (Phi) is 46.1. The van der Waals surface area contributed by atoms with Gasteiger partial charge < -0.3 is 0 Å². The first kappa shape index (κ1) is 18.6. The quantitative estimate of drug-likeness (QED) is 0.610. The van der Waals surface area contributed by atoms with Crippen LogP contribution in [0.25, 0.3) is 0 Å². The van der Waals surface area contributed by atoms with Crippen molar-refractivity contribution in [2.75, 3.05) is 17.6 Å². The van der Waals surface area contributed by atoms with Gasteiger partial charge in [-0.2, -0.15) is 0 Å². The van der Waals surface area contributed by atoms with Crippen molar-refractivity contribution >= 4 is 34.8 Å². The van der Waals surface area contributed by atoms with E-state index in [4.69, 9.17) is 34.8 Å². The number of alkyl halides is 3. The Balaban J connectivity index is -0.000000105. The van der Waals surface area contributed by atoms with Crippen LogP contribution >= 0.6 is 34.8 Å². The molecule has 0 saturated carbocycles. The summed E-state index contributed by atoms with van der Waals surface area (Å²) in [5.74, 6) is 2.33.